The van der Waals surface area contributed by atoms with E-state index in [9.17, 15) is 4.39 Å². The molecule has 0 amide bonds. The van der Waals surface area contributed by atoms with Crippen LogP contribution in [0.2, 0.25) is 0 Å². The summed E-state index contributed by atoms with van der Waals surface area (Å²) in [6.07, 6.45) is 0. The van der Waals surface area contributed by atoms with Crippen molar-refractivity contribution in [1.82, 2.24) is 10.2 Å². The number of ether oxygens (including phenoxy) is 1. The predicted octanol–water partition coefficient (Wildman–Crippen LogP) is 1.55. The molecule has 0 aliphatic carbocycles. The molecule has 0 bridgehead atoms. The van der Waals surface area contributed by atoms with Crippen LogP contribution in [0.4, 0.5) is 4.39 Å². The lowest BCUT2D eigenvalue weighted by Gasteiger charge is -2.35. The SMILES string of the molecule is CNCC1COCCN1Cc1ccc(F)cc1C. The molecule has 100 valence electrons. The number of nitrogens with one attached hydrogen (secondary N) is 1. The highest BCUT2D eigenvalue weighted by Crippen LogP contribution is 2.16. The van der Waals surface area contributed by atoms with Crippen LogP contribution < -0.4 is 5.32 Å². The maximum Gasteiger partial charge on any atom is 0.123 e. The van der Waals surface area contributed by atoms with Gasteiger partial charge in [0, 0.05) is 25.7 Å². The van der Waals surface area contributed by atoms with Crippen molar-refractivity contribution in [3.05, 3.63) is 35.1 Å². The minimum absolute atomic E-state index is 0.162. The normalized spacial score (nSPS) is 21.2. The van der Waals surface area contributed by atoms with Crippen molar-refractivity contribution in [3.8, 4) is 0 Å². The Kier molecular flexibility index (Phi) is 4.69. The average molecular weight is 252 g/mol. The molecule has 1 aromatic rings. The second-order valence-electron chi connectivity index (χ2n) is 4.83. The molecule has 1 saturated heterocycles. The number of morpholine rings is 1. The summed E-state index contributed by atoms with van der Waals surface area (Å²) in [5.74, 6) is -0.162. The van der Waals surface area contributed by atoms with E-state index >= 15 is 0 Å². The Hall–Kier alpha value is -0.970. The number of hydrogen-bond acceptors (Lipinski definition) is 3. The lowest BCUT2D eigenvalue weighted by molar-refractivity contribution is -0.0104. The van der Waals surface area contributed by atoms with Crippen LogP contribution in [-0.4, -0.2) is 44.3 Å². The first kappa shape index (κ1) is 13.5. The number of benzene rings is 1. The highest BCUT2D eigenvalue weighted by atomic mass is 19.1. The number of hydrogen-bond donors (Lipinski definition) is 1. The highest BCUT2D eigenvalue weighted by Gasteiger charge is 2.22. The Labute approximate surface area is 108 Å². The summed E-state index contributed by atoms with van der Waals surface area (Å²) in [5, 5.41) is 3.20. The standard InChI is InChI=1S/C14H21FN2O/c1-11-7-13(15)4-3-12(11)9-17-5-6-18-10-14(17)8-16-2/h3-4,7,14,16H,5-6,8-10H2,1-2H3. The van der Waals surface area contributed by atoms with Gasteiger partial charge in [-0.2, -0.15) is 0 Å². The van der Waals surface area contributed by atoms with Crippen LogP contribution in [-0.2, 0) is 11.3 Å². The van der Waals surface area contributed by atoms with Gasteiger partial charge in [0.1, 0.15) is 5.82 Å². The molecule has 1 aromatic carbocycles. The fraction of sp³-hybridized carbons (Fsp3) is 0.571. The van der Waals surface area contributed by atoms with Crippen molar-refractivity contribution in [2.75, 3.05) is 33.4 Å². The fourth-order valence-corrected chi connectivity index (χ4v) is 2.38. The van der Waals surface area contributed by atoms with Crippen molar-refractivity contribution in [2.45, 2.75) is 19.5 Å². The molecule has 0 spiro atoms. The van der Waals surface area contributed by atoms with Gasteiger partial charge in [0.2, 0.25) is 0 Å². The third-order valence-corrected chi connectivity index (χ3v) is 3.47. The highest BCUT2D eigenvalue weighted by molar-refractivity contribution is 5.26. The van der Waals surface area contributed by atoms with Crippen LogP contribution >= 0.6 is 0 Å². The summed E-state index contributed by atoms with van der Waals surface area (Å²) in [5.41, 5.74) is 2.21. The quantitative estimate of drug-likeness (QED) is 0.880. The smallest absolute Gasteiger partial charge is 0.123 e. The molecule has 18 heavy (non-hydrogen) atoms. The summed E-state index contributed by atoms with van der Waals surface area (Å²) in [6.45, 7) is 6.22. The van der Waals surface area contributed by atoms with Crippen molar-refractivity contribution in [2.24, 2.45) is 0 Å². The second-order valence-corrected chi connectivity index (χ2v) is 4.83. The van der Waals surface area contributed by atoms with Crippen molar-refractivity contribution < 1.29 is 9.13 Å². The van der Waals surface area contributed by atoms with E-state index in [1.807, 2.05) is 20.0 Å². The van der Waals surface area contributed by atoms with Crippen LogP contribution in [0.1, 0.15) is 11.1 Å². The van der Waals surface area contributed by atoms with Gasteiger partial charge in [-0.1, -0.05) is 6.07 Å². The molecule has 1 heterocycles. The summed E-state index contributed by atoms with van der Waals surface area (Å²) >= 11 is 0. The Morgan fingerprint density at radius 1 is 1.50 bits per heavy atom. The molecule has 4 heteroatoms. The molecule has 2 rings (SSSR count). The summed E-state index contributed by atoms with van der Waals surface area (Å²) in [7, 11) is 1.95. The predicted molar refractivity (Wildman–Crippen MR) is 70.1 cm³/mol. The fourth-order valence-electron chi connectivity index (χ4n) is 2.38. The van der Waals surface area contributed by atoms with Crippen LogP contribution in [0.25, 0.3) is 0 Å². The maximum atomic E-state index is 13.1. The Bertz CT molecular complexity index is 395. The molecular weight excluding hydrogens is 231 g/mol. The Balaban J connectivity index is 2.06. The zero-order valence-corrected chi connectivity index (χ0v) is 11.1. The lowest BCUT2D eigenvalue weighted by Crippen LogP contribution is -2.49. The van der Waals surface area contributed by atoms with Crippen molar-refractivity contribution in [3.63, 3.8) is 0 Å². The van der Waals surface area contributed by atoms with Gasteiger partial charge in [-0.3, -0.25) is 4.90 Å². The van der Waals surface area contributed by atoms with Gasteiger partial charge >= 0.3 is 0 Å². The average Bonchev–Trinajstić information content (AvgIpc) is 2.35. The van der Waals surface area contributed by atoms with Crippen LogP contribution in [0.15, 0.2) is 18.2 Å². The van der Waals surface area contributed by atoms with E-state index in [1.165, 1.54) is 11.6 Å². The molecule has 0 aromatic heterocycles. The second kappa shape index (κ2) is 6.27. The zero-order valence-electron chi connectivity index (χ0n) is 11.1. The van der Waals surface area contributed by atoms with Gasteiger partial charge in [0.15, 0.2) is 0 Å². The summed E-state index contributed by atoms with van der Waals surface area (Å²) in [6, 6.07) is 5.42. The van der Waals surface area contributed by atoms with E-state index in [0.717, 1.165) is 38.4 Å². The van der Waals surface area contributed by atoms with E-state index in [2.05, 4.69) is 10.2 Å². The van der Waals surface area contributed by atoms with E-state index < -0.39 is 0 Å². The Morgan fingerprint density at radius 3 is 3.06 bits per heavy atom. The first-order valence-electron chi connectivity index (χ1n) is 6.42. The molecular formula is C14H21FN2O. The van der Waals surface area contributed by atoms with Crippen LogP contribution in [0.5, 0.6) is 0 Å². The van der Waals surface area contributed by atoms with Crippen LogP contribution in [0.3, 0.4) is 0 Å². The van der Waals surface area contributed by atoms with Gasteiger partial charge in [-0.25, -0.2) is 4.39 Å². The van der Waals surface area contributed by atoms with E-state index in [-0.39, 0.29) is 5.82 Å². The van der Waals surface area contributed by atoms with Gasteiger partial charge in [-0.15, -0.1) is 0 Å². The van der Waals surface area contributed by atoms with Crippen LogP contribution in [0, 0.1) is 12.7 Å². The first-order chi connectivity index (χ1) is 8.70. The molecule has 1 aliphatic rings. The van der Waals surface area contributed by atoms with Gasteiger partial charge in [-0.05, 0) is 37.2 Å². The number of nitrogens with zero attached hydrogens (tertiary/aromatic N) is 1. The number of halogens is 1. The zero-order chi connectivity index (χ0) is 13.0. The van der Waals surface area contributed by atoms with Gasteiger partial charge < -0.3 is 10.1 Å². The van der Waals surface area contributed by atoms with E-state index in [0.29, 0.717) is 6.04 Å². The largest absolute Gasteiger partial charge is 0.378 e. The minimum Gasteiger partial charge on any atom is -0.378 e. The summed E-state index contributed by atoms with van der Waals surface area (Å²) < 4.78 is 18.6. The molecule has 1 N–H and O–H groups in total. The van der Waals surface area contributed by atoms with Gasteiger partial charge in [0.25, 0.3) is 0 Å². The van der Waals surface area contributed by atoms with Crippen molar-refractivity contribution >= 4 is 0 Å². The molecule has 1 unspecified atom stereocenters. The van der Waals surface area contributed by atoms with Gasteiger partial charge in [0.05, 0.1) is 13.2 Å². The number of rotatable bonds is 4. The van der Waals surface area contributed by atoms with E-state index in [4.69, 9.17) is 4.74 Å². The number of aryl methyl sites for hydroxylation is 1. The molecule has 1 fully saturated rings. The maximum absolute atomic E-state index is 13.1. The molecule has 0 saturated carbocycles. The number of likely N-dealkylation sites (N-methyl/N-ethyl adjacent to an activating group) is 1. The third kappa shape index (κ3) is 3.28. The summed E-state index contributed by atoms with van der Waals surface area (Å²) in [4.78, 5) is 2.40. The monoisotopic (exact) mass is 252 g/mol. The molecule has 1 atom stereocenters. The Morgan fingerprint density at radius 2 is 2.33 bits per heavy atom. The molecule has 1 aliphatic heterocycles. The first-order valence-corrected chi connectivity index (χ1v) is 6.42. The minimum atomic E-state index is -0.162. The lowest BCUT2D eigenvalue weighted by atomic mass is 10.1. The third-order valence-electron chi connectivity index (χ3n) is 3.47. The molecule has 3 nitrogen and oxygen atoms in total. The topological polar surface area (TPSA) is 24.5 Å². The van der Waals surface area contributed by atoms with E-state index in [1.54, 1.807) is 6.07 Å². The van der Waals surface area contributed by atoms with Crippen molar-refractivity contribution in [1.29, 1.82) is 0 Å². The molecule has 0 radical (unpaired) electrons.